The van der Waals surface area contributed by atoms with Crippen molar-refractivity contribution in [3.63, 3.8) is 0 Å². The van der Waals surface area contributed by atoms with E-state index in [1.165, 1.54) is 0 Å². The minimum absolute atomic E-state index is 0.00897. The molecule has 7 nitrogen and oxygen atoms in total. The summed E-state index contributed by atoms with van der Waals surface area (Å²) in [5.74, 6) is 0.0724. The van der Waals surface area contributed by atoms with E-state index >= 15 is 0 Å². The SMILES string of the molecule is CC(=O)N[C@H]1CC[C@]2(C)CCC([C@H](C)C(=O)NCCN3CCOCC3)[C@H](O)[C@H]2[C@@H]1C. The van der Waals surface area contributed by atoms with Crippen molar-refractivity contribution in [3.05, 3.63) is 0 Å². The average molecular weight is 424 g/mol. The Morgan fingerprint density at radius 3 is 2.57 bits per heavy atom. The number of rotatable bonds is 6. The second-order valence-electron chi connectivity index (χ2n) is 10.1. The number of aliphatic hydroxyl groups is 1. The van der Waals surface area contributed by atoms with E-state index in [9.17, 15) is 14.7 Å². The van der Waals surface area contributed by atoms with Gasteiger partial charge in [-0.25, -0.2) is 0 Å². The molecule has 1 heterocycles. The molecular formula is C23H41N3O4. The molecule has 3 N–H and O–H groups in total. The van der Waals surface area contributed by atoms with Crippen LogP contribution in [0.15, 0.2) is 0 Å². The zero-order chi connectivity index (χ0) is 21.9. The Labute approximate surface area is 181 Å². The van der Waals surface area contributed by atoms with E-state index in [1.807, 2.05) is 6.92 Å². The maximum atomic E-state index is 12.8. The summed E-state index contributed by atoms with van der Waals surface area (Å²) in [7, 11) is 0. The molecule has 0 aromatic rings. The topological polar surface area (TPSA) is 90.9 Å². The average Bonchev–Trinajstić information content (AvgIpc) is 2.70. The van der Waals surface area contributed by atoms with Gasteiger partial charge in [-0.2, -0.15) is 0 Å². The summed E-state index contributed by atoms with van der Waals surface area (Å²) >= 11 is 0. The summed E-state index contributed by atoms with van der Waals surface area (Å²) in [6.07, 6.45) is 3.36. The summed E-state index contributed by atoms with van der Waals surface area (Å²) in [5.41, 5.74) is 0.0802. The Bertz CT molecular complexity index is 609. The lowest BCUT2D eigenvalue weighted by molar-refractivity contribution is -0.143. The van der Waals surface area contributed by atoms with Gasteiger partial charge >= 0.3 is 0 Å². The Balaban J connectivity index is 1.57. The normalized spacial score (nSPS) is 38.4. The van der Waals surface area contributed by atoms with Crippen LogP contribution in [0.2, 0.25) is 0 Å². The van der Waals surface area contributed by atoms with Crippen LogP contribution in [0.1, 0.15) is 53.4 Å². The van der Waals surface area contributed by atoms with Crippen molar-refractivity contribution in [1.82, 2.24) is 15.5 Å². The van der Waals surface area contributed by atoms with Crippen molar-refractivity contribution in [3.8, 4) is 0 Å². The quantitative estimate of drug-likeness (QED) is 0.601. The highest BCUT2D eigenvalue weighted by Gasteiger charge is 2.53. The second kappa shape index (κ2) is 9.96. The number of morpholine rings is 1. The highest BCUT2D eigenvalue weighted by Crippen LogP contribution is 2.55. The van der Waals surface area contributed by atoms with Crippen LogP contribution in [0, 0.1) is 29.1 Å². The number of fused-ring (bicyclic) bond motifs is 1. The van der Waals surface area contributed by atoms with Crippen LogP contribution in [0.4, 0.5) is 0 Å². The lowest BCUT2D eigenvalue weighted by Gasteiger charge is -2.56. The van der Waals surface area contributed by atoms with Gasteiger partial charge in [0, 0.05) is 45.1 Å². The standard InChI is InChI=1S/C23H41N3O4/c1-15(22(29)24-9-10-26-11-13-30-14-12-26)18-5-7-23(4)8-6-19(25-17(3)27)16(2)20(23)21(18)28/h15-16,18-21,28H,5-14H2,1-4H3,(H,24,29)(H,25,27)/t15-,16+,18?,19-,20+,21-,23-/m0/s1. The fraction of sp³-hybridized carbons (Fsp3) is 0.913. The van der Waals surface area contributed by atoms with Crippen LogP contribution < -0.4 is 10.6 Å². The number of hydrogen-bond acceptors (Lipinski definition) is 5. The molecule has 1 aliphatic heterocycles. The Morgan fingerprint density at radius 2 is 1.90 bits per heavy atom. The van der Waals surface area contributed by atoms with Gasteiger partial charge in [-0.15, -0.1) is 0 Å². The van der Waals surface area contributed by atoms with Gasteiger partial charge in [0.2, 0.25) is 11.8 Å². The zero-order valence-corrected chi connectivity index (χ0v) is 19.2. The first-order chi connectivity index (χ1) is 14.2. The van der Waals surface area contributed by atoms with E-state index in [0.717, 1.165) is 58.5 Å². The van der Waals surface area contributed by atoms with Gasteiger partial charge in [0.15, 0.2) is 0 Å². The van der Waals surface area contributed by atoms with E-state index in [2.05, 4.69) is 29.4 Å². The van der Waals surface area contributed by atoms with Crippen molar-refractivity contribution in [2.24, 2.45) is 29.1 Å². The fourth-order valence-electron chi connectivity index (χ4n) is 6.28. The Kier molecular flexibility index (Phi) is 7.80. The summed E-state index contributed by atoms with van der Waals surface area (Å²) in [6.45, 7) is 12.8. The maximum absolute atomic E-state index is 12.8. The van der Waals surface area contributed by atoms with Crippen molar-refractivity contribution in [1.29, 1.82) is 0 Å². The predicted molar refractivity (Wildman–Crippen MR) is 116 cm³/mol. The monoisotopic (exact) mass is 423 g/mol. The molecule has 1 unspecified atom stereocenters. The summed E-state index contributed by atoms with van der Waals surface area (Å²) in [5, 5.41) is 17.6. The van der Waals surface area contributed by atoms with Gasteiger partial charge in [-0.05, 0) is 48.9 Å². The van der Waals surface area contributed by atoms with E-state index in [4.69, 9.17) is 4.74 Å². The number of carbonyl (C=O) groups is 2. The van der Waals surface area contributed by atoms with Crippen LogP contribution in [-0.2, 0) is 14.3 Å². The van der Waals surface area contributed by atoms with Crippen LogP contribution in [0.3, 0.4) is 0 Å². The number of carbonyl (C=O) groups excluding carboxylic acids is 2. The first-order valence-corrected chi connectivity index (χ1v) is 11.8. The molecule has 0 radical (unpaired) electrons. The molecule has 3 fully saturated rings. The van der Waals surface area contributed by atoms with Crippen molar-refractivity contribution < 1.29 is 19.4 Å². The van der Waals surface area contributed by atoms with E-state index in [-0.39, 0.29) is 46.9 Å². The molecule has 2 aliphatic carbocycles. The van der Waals surface area contributed by atoms with Crippen molar-refractivity contribution in [2.45, 2.75) is 65.5 Å². The number of nitrogens with one attached hydrogen (secondary N) is 2. The third-order valence-electron chi connectivity index (χ3n) is 8.16. The summed E-state index contributed by atoms with van der Waals surface area (Å²) in [4.78, 5) is 26.8. The van der Waals surface area contributed by atoms with Crippen molar-refractivity contribution in [2.75, 3.05) is 39.4 Å². The van der Waals surface area contributed by atoms with Gasteiger partial charge in [-0.1, -0.05) is 20.8 Å². The first-order valence-electron chi connectivity index (χ1n) is 11.8. The van der Waals surface area contributed by atoms with Crippen LogP contribution in [0.5, 0.6) is 0 Å². The van der Waals surface area contributed by atoms with Gasteiger partial charge < -0.3 is 20.5 Å². The molecule has 7 atom stereocenters. The minimum atomic E-state index is -0.518. The third kappa shape index (κ3) is 5.17. The lowest BCUT2D eigenvalue weighted by atomic mass is 9.51. The molecule has 7 heteroatoms. The Hall–Kier alpha value is -1.18. The first kappa shape index (κ1) is 23.5. The van der Waals surface area contributed by atoms with E-state index in [0.29, 0.717) is 6.54 Å². The Morgan fingerprint density at radius 1 is 1.23 bits per heavy atom. The molecule has 3 aliphatic rings. The molecule has 2 saturated carbocycles. The molecule has 0 aromatic heterocycles. The largest absolute Gasteiger partial charge is 0.392 e. The van der Waals surface area contributed by atoms with Crippen LogP contribution in [0.25, 0.3) is 0 Å². The zero-order valence-electron chi connectivity index (χ0n) is 19.2. The number of hydrogen-bond donors (Lipinski definition) is 3. The van der Waals surface area contributed by atoms with Gasteiger partial charge in [-0.3, -0.25) is 14.5 Å². The number of nitrogens with zero attached hydrogens (tertiary/aromatic N) is 1. The number of amides is 2. The summed E-state index contributed by atoms with van der Waals surface area (Å²) < 4.78 is 5.37. The van der Waals surface area contributed by atoms with Crippen molar-refractivity contribution >= 4 is 11.8 Å². The maximum Gasteiger partial charge on any atom is 0.223 e. The molecule has 1 saturated heterocycles. The molecule has 0 aromatic carbocycles. The summed E-state index contributed by atoms with van der Waals surface area (Å²) in [6, 6.07) is 0.103. The highest BCUT2D eigenvalue weighted by atomic mass is 16.5. The van der Waals surface area contributed by atoms with E-state index in [1.54, 1.807) is 6.92 Å². The molecule has 172 valence electrons. The molecular weight excluding hydrogens is 382 g/mol. The molecule has 2 amide bonds. The van der Waals surface area contributed by atoms with Crippen LogP contribution in [-0.4, -0.2) is 73.4 Å². The molecule has 0 spiro atoms. The molecule has 3 rings (SSSR count). The smallest absolute Gasteiger partial charge is 0.223 e. The number of ether oxygens (including phenoxy) is 1. The number of aliphatic hydroxyl groups excluding tert-OH is 1. The molecule has 30 heavy (non-hydrogen) atoms. The third-order valence-corrected chi connectivity index (χ3v) is 8.16. The van der Waals surface area contributed by atoms with Gasteiger partial charge in [0.1, 0.15) is 0 Å². The minimum Gasteiger partial charge on any atom is -0.392 e. The van der Waals surface area contributed by atoms with Gasteiger partial charge in [0.25, 0.3) is 0 Å². The lowest BCUT2D eigenvalue weighted by Crippen LogP contribution is -2.58. The predicted octanol–water partition coefficient (Wildman–Crippen LogP) is 1.40. The highest BCUT2D eigenvalue weighted by molar-refractivity contribution is 5.78. The molecule has 0 bridgehead atoms. The fourth-order valence-corrected chi connectivity index (χ4v) is 6.28. The second-order valence-corrected chi connectivity index (χ2v) is 10.1. The van der Waals surface area contributed by atoms with E-state index < -0.39 is 6.10 Å². The van der Waals surface area contributed by atoms with Gasteiger partial charge in [0.05, 0.1) is 19.3 Å². The van der Waals surface area contributed by atoms with Crippen LogP contribution >= 0.6 is 0 Å².